The van der Waals surface area contributed by atoms with Crippen LogP contribution in [-0.2, 0) is 0 Å². The molecule has 0 saturated carbocycles. The second-order valence-corrected chi connectivity index (χ2v) is 8.03. The number of nitrogens with zero attached hydrogens (tertiary/aromatic N) is 4. The molecule has 2 aromatic carbocycles. The Morgan fingerprint density at radius 1 is 1.10 bits per heavy atom. The summed E-state index contributed by atoms with van der Waals surface area (Å²) < 4.78 is 0. The van der Waals surface area contributed by atoms with Crippen LogP contribution in [0.25, 0.3) is 0 Å². The molecule has 1 aromatic heterocycles. The Morgan fingerprint density at radius 3 is 2.52 bits per heavy atom. The number of halogens is 1. The predicted molar refractivity (Wildman–Crippen MR) is 121 cm³/mol. The first-order valence-corrected chi connectivity index (χ1v) is 10.2. The van der Waals surface area contributed by atoms with Gasteiger partial charge in [-0.1, -0.05) is 47.6 Å². The number of aliphatic imine (C=N–C) groups is 1. The minimum atomic E-state index is -0.577. The second-order valence-electron chi connectivity index (χ2n) is 6.50. The summed E-state index contributed by atoms with van der Waals surface area (Å²) >= 11 is 7.79. The summed E-state index contributed by atoms with van der Waals surface area (Å²) in [5.74, 6) is 0.571. The molecular formula is C21H15ClN8S. The average Bonchev–Trinajstić information content (AvgIpc) is 2.76. The number of nitrogen functional groups attached to an aromatic ring is 2. The third-order valence-electron chi connectivity index (χ3n) is 4.62. The molecule has 0 amide bonds. The van der Waals surface area contributed by atoms with Gasteiger partial charge in [-0.05, 0) is 29.8 Å². The maximum Gasteiger partial charge on any atom is 0.211 e. The van der Waals surface area contributed by atoms with Crippen LogP contribution in [0.3, 0.4) is 0 Å². The molecule has 4 rings (SSSR count). The molecule has 0 bridgehead atoms. The van der Waals surface area contributed by atoms with Crippen molar-refractivity contribution >= 4 is 46.6 Å². The van der Waals surface area contributed by atoms with Gasteiger partial charge in [0.2, 0.25) is 5.96 Å². The van der Waals surface area contributed by atoms with Gasteiger partial charge in [-0.3, -0.25) is 5.32 Å². The Hall–Kier alpha value is -3.92. The fourth-order valence-corrected chi connectivity index (χ4v) is 4.28. The fraction of sp³-hybridized carbons (Fsp3) is 0.0476. The van der Waals surface area contributed by atoms with Gasteiger partial charge in [0.1, 0.15) is 29.3 Å². The molecule has 1 aliphatic rings. The van der Waals surface area contributed by atoms with Gasteiger partial charge in [-0.25, -0.2) is 9.98 Å². The molecule has 0 spiro atoms. The summed E-state index contributed by atoms with van der Waals surface area (Å²) in [5, 5.41) is 24.5. The van der Waals surface area contributed by atoms with E-state index in [4.69, 9.17) is 28.3 Å². The molecule has 0 radical (unpaired) electrons. The number of benzene rings is 2. The zero-order valence-corrected chi connectivity index (χ0v) is 17.5. The number of nitrogens with one attached hydrogen (secondary N) is 2. The van der Waals surface area contributed by atoms with Crippen molar-refractivity contribution in [2.45, 2.75) is 15.8 Å². The van der Waals surface area contributed by atoms with Crippen LogP contribution in [-0.4, -0.2) is 10.9 Å². The van der Waals surface area contributed by atoms with Crippen LogP contribution in [0.4, 0.5) is 17.3 Å². The summed E-state index contributed by atoms with van der Waals surface area (Å²) in [6, 6.07) is 16.7. The number of rotatable bonds is 3. The lowest BCUT2D eigenvalue weighted by Crippen LogP contribution is -2.32. The minimum absolute atomic E-state index is 0.00898. The van der Waals surface area contributed by atoms with Gasteiger partial charge in [-0.2, -0.15) is 10.5 Å². The molecule has 10 heteroatoms. The summed E-state index contributed by atoms with van der Waals surface area (Å²) in [7, 11) is 0. The van der Waals surface area contributed by atoms with Crippen molar-refractivity contribution in [1.82, 2.24) is 10.3 Å². The molecule has 2 heterocycles. The topological polar surface area (TPSA) is 149 Å². The molecule has 0 aliphatic carbocycles. The number of aromatic nitrogens is 1. The van der Waals surface area contributed by atoms with E-state index in [9.17, 15) is 5.26 Å². The number of nitrogens with two attached hydrogens (primary N) is 2. The number of nitriles is 2. The smallest absolute Gasteiger partial charge is 0.211 e. The Labute approximate surface area is 187 Å². The van der Waals surface area contributed by atoms with E-state index in [1.54, 1.807) is 11.8 Å². The summed E-state index contributed by atoms with van der Waals surface area (Å²) in [6.45, 7) is 0. The molecule has 6 N–H and O–H groups in total. The van der Waals surface area contributed by atoms with Gasteiger partial charge in [-0.15, -0.1) is 0 Å². The monoisotopic (exact) mass is 446 g/mol. The lowest BCUT2D eigenvalue weighted by molar-refractivity contribution is 0.845. The maximum absolute atomic E-state index is 9.42. The third kappa shape index (κ3) is 3.92. The highest BCUT2D eigenvalue weighted by Gasteiger charge is 2.29. The zero-order chi connectivity index (χ0) is 22.0. The SMILES string of the molecule is N#CNC1=NC(c2ccc(Sc3ccccc3Cl)cc2)c2c(nc(N)c(C#N)c2N)N1. The van der Waals surface area contributed by atoms with Gasteiger partial charge < -0.3 is 16.8 Å². The largest absolute Gasteiger partial charge is 0.397 e. The number of hydrogen-bond donors (Lipinski definition) is 4. The number of fused-ring (bicyclic) bond motifs is 1. The van der Waals surface area contributed by atoms with Crippen molar-refractivity contribution in [2.75, 3.05) is 16.8 Å². The van der Waals surface area contributed by atoms with E-state index in [0.29, 0.717) is 16.4 Å². The Kier molecular flexibility index (Phi) is 5.54. The highest BCUT2D eigenvalue weighted by Crippen LogP contribution is 2.41. The quantitative estimate of drug-likeness (QED) is 0.350. The summed E-state index contributed by atoms with van der Waals surface area (Å²) in [6.07, 6.45) is 1.83. The second kappa shape index (κ2) is 8.44. The molecule has 0 saturated heterocycles. The Morgan fingerprint density at radius 2 is 1.84 bits per heavy atom. The van der Waals surface area contributed by atoms with Crippen LogP contribution in [0.5, 0.6) is 0 Å². The minimum Gasteiger partial charge on any atom is -0.397 e. The molecule has 8 nitrogen and oxygen atoms in total. The molecule has 3 aromatic rings. The number of hydrogen-bond acceptors (Lipinski definition) is 9. The summed E-state index contributed by atoms with van der Waals surface area (Å²) in [4.78, 5) is 10.7. The van der Waals surface area contributed by atoms with E-state index in [0.717, 1.165) is 15.4 Å². The van der Waals surface area contributed by atoms with Crippen LogP contribution in [0.2, 0.25) is 5.02 Å². The molecule has 152 valence electrons. The molecule has 1 unspecified atom stereocenters. The lowest BCUT2D eigenvalue weighted by atomic mass is 9.95. The zero-order valence-electron chi connectivity index (χ0n) is 15.9. The standard InChI is InChI=1S/C21H15ClN8S/c22-14-3-1-2-4-15(14)31-12-7-5-11(6-8-12)18-16-17(25)13(9-23)19(26)29-20(16)30-21(28-18)27-10-24/h1-8,18H,(H6,25,26,27,28,29,30). The van der Waals surface area contributed by atoms with Crippen molar-refractivity contribution in [3.63, 3.8) is 0 Å². The lowest BCUT2D eigenvalue weighted by Gasteiger charge is -2.26. The molecular weight excluding hydrogens is 432 g/mol. The molecule has 1 aliphatic heterocycles. The van der Waals surface area contributed by atoms with Gasteiger partial charge in [0.25, 0.3) is 0 Å². The average molecular weight is 447 g/mol. The fourth-order valence-electron chi connectivity index (χ4n) is 3.19. The predicted octanol–water partition coefficient (Wildman–Crippen LogP) is 3.86. The van der Waals surface area contributed by atoms with Crippen molar-refractivity contribution in [3.8, 4) is 12.3 Å². The van der Waals surface area contributed by atoms with Crippen LogP contribution < -0.4 is 22.1 Å². The Bertz CT molecular complexity index is 1270. The molecule has 1 atom stereocenters. The van der Waals surface area contributed by atoms with E-state index >= 15 is 0 Å². The van der Waals surface area contributed by atoms with Gasteiger partial charge in [0.05, 0.1) is 10.7 Å². The van der Waals surface area contributed by atoms with E-state index in [-0.39, 0.29) is 23.0 Å². The normalized spacial score (nSPS) is 14.4. The molecule has 31 heavy (non-hydrogen) atoms. The summed E-state index contributed by atoms with van der Waals surface area (Å²) in [5.41, 5.74) is 13.8. The Balaban J connectivity index is 1.74. The first kappa shape index (κ1) is 20.4. The molecule has 0 fully saturated rings. The first-order valence-electron chi connectivity index (χ1n) is 9.03. The van der Waals surface area contributed by atoms with Crippen molar-refractivity contribution < 1.29 is 0 Å². The van der Waals surface area contributed by atoms with Crippen LogP contribution in [0, 0.1) is 22.8 Å². The van der Waals surface area contributed by atoms with Crippen LogP contribution in [0.1, 0.15) is 22.7 Å². The van der Waals surface area contributed by atoms with Gasteiger partial charge in [0, 0.05) is 15.4 Å². The number of guanidine groups is 1. The van der Waals surface area contributed by atoms with Crippen molar-refractivity contribution in [2.24, 2.45) is 4.99 Å². The van der Waals surface area contributed by atoms with Crippen molar-refractivity contribution in [1.29, 1.82) is 10.5 Å². The first-order chi connectivity index (χ1) is 15.0. The number of pyridine rings is 1. The number of anilines is 3. The maximum atomic E-state index is 9.42. The van der Waals surface area contributed by atoms with Crippen LogP contribution >= 0.6 is 23.4 Å². The highest BCUT2D eigenvalue weighted by atomic mass is 35.5. The highest BCUT2D eigenvalue weighted by molar-refractivity contribution is 7.99. The van der Waals surface area contributed by atoms with Gasteiger partial charge >= 0.3 is 0 Å². The van der Waals surface area contributed by atoms with E-state index in [2.05, 4.69) is 20.6 Å². The van der Waals surface area contributed by atoms with Gasteiger partial charge in [0.15, 0.2) is 6.19 Å². The third-order valence-corrected chi connectivity index (χ3v) is 6.14. The van der Waals surface area contributed by atoms with Crippen molar-refractivity contribution in [3.05, 3.63) is 70.2 Å². The van der Waals surface area contributed by atoms with E-state index in [1.165, 1.54) is 0 Å². The van der Waals surface area contributed by atoms with E-state index in [1.807, 2.05) is 60.8 Å². The van der Waals surface area contributed by atoms with E-state index < -0.39 is 6.04 Å². The van der Waals surface area contributed by atoms with Crippen LogP contribution in [0.15, 0.2) is 63.3 Å².